The first-order chi connectivity index (χ1) is 13.4. The van der Waals surface area contributed by atoms with E-state index in [9.17, 15) is 15.3 Å². The van der Waals surface area contributed by atoms with Crippen LogP contribution >= 0.6 is 11.6 Å². The molecule has 2 aliphatic rings. The molecule has 2 heterocycles. The van der Waals surface area contributed by atoms with Crippen molar-refractivity contribution in [1.82, 2.24) is 10.6 Å². The Balaban J connectivity index is 1.63. The molecule has 1 aromatic carbocycles. The van der Waals surface area contributed by atoms with Gasteiger partial charge in [-0.25, -0.2) is 0 Å². The number of benzene rings is 1. The lowest BCUT2D eigenvalue weighted by Gasteiger charge is -2.38. The number of aliphatic hydroxyl groups excluding tert-OH is 3. The highest BCUT2D eigenvalue weighted by molar-refractivity contribution is 6.31. The van der Waals surface area contributed by atoms with E-state index in [0.717, 1.165) is 23.5 Å². The molecule has 150 valence electrons. The van der Waals surface area contributed by atoms with Gasteiger partial charge in [0.2, 0.25) is 0 Å². The second kappa shape index (κ2) is 7.42. The molecule has 1 aliphatic carbocycles. The Morgan fingerprint density at radius 1 is 1.18 bits per heavy atom. The molecular formula is C20H24ClN3O4. The SMILES string of the molecule is CC[C@@H](NC1=C(Nc2ccc(Cl)c3c2C(O)NC3)C(O)C1O)c1ccc(C)o1. The molecule has 6 N–H and O–H groups in total. The predicted molar refractivity (Wildman–Crippen MR) is 106 cm³/mol. The maximum Gasteiger partial charge on any atom is 0.133 e. The largest absolute Gasteiger partial charge is 0.464 e. The van der Waals surface area contributed by atoms with Crippen LogP contribution in [0.1, 0.15) is 48.3 Å². The molecule has 28 heavy (non-hydrogen) atoms. The standard InChI is InChI=1S/C20H24ClN3O4/c1-3-12(14-7-4-9(2)28-14)23-16-17(19(26)18(16)25)24-13-6-5-11(21)10-8-22-20(27)15(10)13/h4-7,12,18-20,22-27H,3,8H2,1-2H3/t12-,18?,19?,20?/m1/s1. The second-order valence-corrected chi connectivity index (χ2v) is 7.57. The zero-order chi connectivity index (χ0) is 20.0. The van der Waals surface area contributed by atoms with Crippen molar-refractivity contribution in [1.29, 1.82) is 0 Å². The van der Waals surface area contributed by atoms with Crippen molar-refractivity contribution in [3.8, 4) is 0 Å². The van der Waals surface area contributed by atoms with Crippen LogP contribution in [-0.4, -0.2) is 27.5 Å². The van der Waals surface area contributed by atoms with Gasteiger partial charge in [-0.1, -0.05) is 18.5 Å². The van der Waals surface area contributed by atoms with E-state index in [1.54, 1.807) is 12.1 Å². The van der Waals surface area contributed by atoms with Gasteiger partial charge >= 0.3 is 0 Å². The fourth-order valence-electron chi connectivity index (χ4n) is 3.73. The normalized spacial score (nSPS) is 24.7. The summed E-state index contributed by atoms with van der Waals surface area (Å²) in [6.45, 7) is 4.36. The van der Waals surface area contributed by atoms with E-state index in [2.05, 4.69) is 16.0 Å². The fraction of sp³-hybridized carbons (Fsp3) is 0.400. The summed E-state index contributed by atoms with van der Waals surface area (Å²) in [6, 6.07) is 7.17. The predicted octanol–water partition coefficient (Wildman–Crippen LogP) is 2.44. The molecule has 0 saturated carbocycles. The Labute approximate surface area is 168 Å². The van der Waals surface area contributed by atoms with Crippen molar-refractivity contribution in [2.75, 3.05) is 5.32 Å². The molecule has 8 heteroatoms. The molecule has 0 amide bonds. The zero-order valence-corrected chi connectivity index (χ0v) is 16.4. The number of halogens is 1. The number of nitrogens with one attached hydrogen (secondary N) is 3. The van der Waals surface area contributed by atoms with Crippen molar-refractivity contribution >= 4 is 17.3 Å². The third kappa shape index (κ3) is 3.19. The van der Waals surface area contributed by atoms with Gasteiger partial charge in [-0.05, 0) is 43.2 Å². The minimum atomic E-state index is -1.05. The van der Waals surface area contributed by atoms with E-state index in [4.69, 9.17) is 16.0 Å². The van der Waals surface area contributed by atoms with Crippen molar-refractivity contribution in [3.05, 3.63) is 63.3 Å². The first kappa shape index (κ1) is 19.3. The van der Waals surface area contributed by atoms with Crippen molar-refractivity contribution in [2.45, 2.75) is 51.3 Å². The monoisotopic (exact) mass is 405 g/mol. The highest BCUT2D eigenvalue weighted by Gasteiger charge is 2.40. The van der Waals surface area contributed by atoms with E-state index in [1.807, 2.05) is 26.0 Å². The number of hydrogen-bond acceptors (Lipinski definition) is 7. The lowest BCUT2D eigenvalue weighted by molar-refractivity contribution is 0.0302. The molecule has 0 bridgehead atoms. The van der Waals surface area contributed by atoms with Gasteiger partial charge < -0.3 is 30.4 Å². The molecule has 1 aromatic heterocycles. The Hall–Kier alpha value is -2.03. The van der Waals surface area contributed by atoms with E-state index >= 15 is 0 Å². The van der Waals surface area contributed by atoms with Crippen LogP contribution in [0.15, 0.2) is 40.1 Å². The van der Waals surface area contributed by atoms with Crippen molar-refractivity contribution < 1.29 is 19.7 Å². The van der Waals surface area contributed by atoms with Crippen molar-refractivity contribution in [2.24, 2.45) is 0 Å². The highest BCUT2D eigenvalue weighted by Crippen LogP contribution is 2.38. The van der Waals surface area contributed by atoms with Crippen LogP contribution in [0, 0.1) is 6.92 Å². The summed E-state index contributed by atoms with van der Waals surface area (Å²) in [6.07, 6.45) is -2.16. The zero-order valence-electron chi connectivity index (χ0n) is 15.7. The van der Waals surface area contributed by atoms with Gasteiger partial charge in [0.15, 0.2) is 0 Å². The highest BCUT2D eigenvalue weighted by atomic mass is 35.5. The number of hydrogen-bond donors (Lipinski definition) is 6. The van der Waals surface area contributed by atoms with Gasteiger partial charge in [-0.15, -0.1) is 0 Å². The summed E-state index contributed by atoms with van der Waals surface area (Å²) in [7, 11) is 0. The molecule has 7 nitrogen and oxygen atoms in total. The van der Waals surface area contributed by atoms with Crippen LogP contribution in [0.4, 0.5) is 5.69 Å². The van der Waals surface area contributed by atoms with E-state index in [-0.39, 0.29) is 6.04 Å². The first-order valence-electron chi connectivity index (χ1n) is 9.33. The molecule has 4 atom stereocenters. The smallest absolute Gasteiger partial charge is 0.133 e. The van der Waals surface area contributed by atoms with Crippen LogP contribution in [-0.2, 0) is 6.54 Å². The molecule has 3 unspecified atom stereocenters. The van der Waals surface area contributed by atoms with Crippen LogP contribution in [0.5, 0.6) is 0 Å². The maximum atomic E-state index is 10.3. The summed E-state index contributed by atoms with van der Waals surface area (Å²) in [5.74, 6) is 1.59. The molecule has 1 aliphatic heterocycles. The third-order valence-electron chi connectivity index (χ3n) is 5.34. The van der Waals surface area contributed by atoms with Gasteiger partial charge in [0.25, 0.3) is 0 Å². The van der Waals surface area contributed by atoms with E-state index < -0.39 is 18.4 Å². The van der Waals surface area contributed by atoms with Gasteiger partial charge in [0.05, 0.1) is 17.4 Å². The lowest BCUT2D eigenvalue weighted by Crippen LogP contribution is -2.49. The van der Waals surface area contributed by atoms with Crippen molar-refractivity contribution in [3.63, 3.8) is 0 Å². The van der Waals surface area contributed by atoms with Crippen LogP contribution in [0.3, 0.4) is 0 Å². The Morgan fingerprint density at radius 3 is 2.61 bits per heavy atom. The number of fused-ring (bicyclic) bond motifs is 1. The third-order valence-corrected chi connectivity index (χ3v) is 5.69. The van der Waals surface area contributed by atoms with Gasteiger partial charge in [0, 0.05) is 22.8 Å². The van der Waals surface area contributed by atoms with Crippen LogP contribution in [0.2, 0.25) is 5.02 Å². The van der Waals surface area contributed by atoms with E-state index in [1.165, 1.54) is 0 Å². The minimum absolute atomic E-state index is 0.133. The summed E-state index contributed by atoms with van der Waals surface area (Å²) in [4.78, 5) is 0. The average molecular weight is 406 g/mol. The molecule has 0 saturated heterocycles. The number of aryl methyl sites for hydroxylation is 1. The summed E-state index contributed by atoms with van der Waals surface area (Å²) < 4.78 is 5.70. The Kier molecular flexibility index (Phi) is 5.11. The number of anilines is 1. The van der Waals surface area contributed by atoms with Gasteiger partial charge in [0.1, 0.15) is 30.0 Å². The quantitative estimate of drug-likeness (QED) is 0.438. The maximum absolute atomic E-state index is 10.3. The molecule has 0 radical (unpaired) electrons. The number of rotatable bonds is 6. The minimum Gasteiger partial charge on any atom is -0.464 e. The van der Waals surface area contributed by atoms with Crippen LogP contribution in [0.25, 0.3) is 0 Å². The topological polar surface area (TPSA) is 110 Å². The molecule has 2 aromatic rings. The summed E-state index contributed by atoms with van der Waals surface area (Å²) >= 11 is 6.23. The fourth-order valence-corrected chi connectivity index (χ4v) is 3.96. The second-order valence-electron chi connectivity index (χ2n) is 7.17. The van der Waals surface area contributed by atoms with Gasteiger partial charge in [-0.2, -0.15) is 0 Å². The molecule has 4 rings (SSSR count). The first-order valence-corrected chi connectivity index (χ1v) is 9.71. The summed E-state index contributed by atoms with van der Waals surface area (Å²) in [5.41, 5.74) is 3.09. The molecule has 0 fully saturated rings. The number of aliphatic hydroxyl groups is 3. The average Bonchev–Trinajstić information content (AvgIpc) is 3.29. The lowest BCUT2D eigenvalue weighted by atomic mass is 9.91. The summed E-state index contributed by atoms with van der Waals surface area (Å²) in [5, 5.41) is 40.8. The van der Waals surface area contributed by atoms with E-state index in [0.29, 0.717) is 34.2 Å². The number of furan rings is 1. The molecule has 0 spiro atoms. The van der Waals surface area contributed by atoms with Crippen LogP contribution < -0.4 is 16.0 Å². The Bertz CT molecular complexity index is 926. The molecular weight excluding hydrogens is 382 g/mol. The van der Waals surface area contributed by atoms with Gasteiger partial charge in [-0.3, -0.25) is 5.32 Å². The Morgan fingerprint density at radius 2 is 1.93 bits per heavy atom.